The SMILES string of the molecule is COCCCN1C(=O)c2[nH]nc(-c3ccc(OC)c(OC)c3)c2C1c1ccccc1Cl. The van der Waals surface area contributed by atoms with Gasteiger partial charge < -0.3 is 19.1 Å². The zero-order valence-corrected chi connectivity index (χ0v) is 18.4. The maximum absolute atomic E-state index is 13.3. The van der Waals surface area contributed by atoms with Crippen LogP contribution in [0.4, 0.5) is 0 Å². The van der Waals surface area contributed by atoms with E-state index >= 15 is 0 Å². The first-order chi connectivity index (χ1) is 15.1. The summed E-state index contributed by atoms with van der Waals surface area (Å²) in [6.07, 6.45) is 0.715. The fourth-order valence-electron chi connectivity index (χ4n) is 4.03. The second-order valence-corrected chi connectivity index (χ2v) is 7.61. The van der Waals surface area contributed by atoms with Crippen LogP contribution in [0.3, 0.4) is 0 Å². The lowest BCUT2D eigenvalue weighted by Gasteiger charge is -2.27. The summed E-state index contributed by atoms with van der Waals surface area (Å²) in [6.45, 7) is 1.10. The van der Waals surface area contributed by atoms with E-state index in [-0.39, 0.29) is 11.9 Å². The molecule has 4 rings (SSSR count). The number of nitrogens with one attached hydrogen (secondary N) is 1. The molecule has 3 aromatic rings. The van der Waals surface area contributed by atoms with E-state index in [1.165, 1.54) is 0 Å². The number of H-pyrrole nitrogens is 1. The van der Waals surface area contributed by atoms with Crippen LogP contribution in [0.1, 0.15) is 34.1 Å². The Hall–Kier alpha value is -3.03. The highest BCUT2D eigenvalue weighted by Gasteiger charge is 2.42. The number of hydrogen-bond acceptors (Lipinski definition) is 5. The Kier molecular flexibility index (Phi) is 6.15. The number of amides is 1. The average Bonchev–Trinajstić information content (AvgIpc) is 3.33. The van der Waals surface area contributed by atoms with E-state index in [0.29, 0.717) is 47.5 Å². The predicted octanol–water partition coefficient (Wildman–Crippen LogP) is 4.33. The van der Waals surface area contributed by atoms with Crippen molar-refractivity contribution in [2.45, 2.75) is 12.5 Å². The van der Waals surface area contributed by atoms with Crippen molar-refractivity contribution >= 4 is 17.5 Å². The van der Waals surface area contributed by atoms with Gasteiger partial charge in [0, 0.05) is 36.4 Å². The zero-order valence-electron chi connectivity index (χ0n) is 17.6. The van der Waals surface area contributed by atoms with E-state index in [1.807, 2.05) is 47.4 Å². The number of hydrogen-bond donors (Lipinski definition) is 1. The fraction of sp³-hybridized carbons (Fsp3) is 0.304. The second kappa shape index (κ2) is 8.99. The summed E-state index contributed by atoms with van der Waals surface area (Å²) < 4.78 is 16.0. The first kappa shape index (κ1) is 21.2. The van der Waals surface area contributed by atoms with Gasteiger partial charge in [-0.3, -0.25) is 9.89 Å². The lowest BCUT2D eigenvalue weighted by molar-refractivity contribution is 0.0723. The van der Waals surface area contributed by atoms with E-state index in [0.717, 1.165) is 16.7 Å². The van der Waals surface area contributed by atoms with Gasteiger partial charge in [-0.05, 0) is 36.2 Å². The van der Waals surface area contributed by atoms with Crippen LogP contribution in [-0.4, -0.2) is 55.5 Å². The molecule has 0 saturated carbocycles. The van der Waals surface area contributed by atoms with Crippen molar-refractivity contribution in [1.29, 1.82) is 0 Å². The first-order valence-electron chi connectivity index (χ1n) is 9.95. The van der Waals surface area contributed by atoms with Crippen LogP contribution < -0.4 is 9.47 Å². The largest absolute Gasteiger partial charge is 0.493 e. The molecular formula is C23H24ClN3O4. The Bertz CT molecular complexity index is 1100. The number of aromatic amines is 1. The van der Waals surface area contributed by atoms with Crippen LogP contribution in [-0.2, 0) is 4.74 Å². The number of benzene rings is 2. The lowest BCUT2D eigenvalue weighted by Crippen LogP contribution is -2.31. The minimum absolute atomic E-state index is 0.102. The third-order valence-corrected chi connectivity index (χ3v) is 5.81. The maximum atomic E-state index is 13.3. The molecule has 162 valence electrons. The molecule has 0 aliphatic carbocycles. The van der Waals surface area contributed by atoms with E-state index in [2.05, 4.69) is 10.2 Å². The minimum atomic E-state index is -0.352. The van der Waals surface area contributed by atoms with Crippen molar-refractivity contribution in [2.75, 3.05) is 34.5 Å². The standard InChI is InChI=1S/C23H24ClN3O4/c1-29-12-6-11-27-22(15-7-4-5-8-16(15)24)19-20(25-26-21(19)23(27)28)14-9-10-17(30-2)18(13-14)31-3/h4-5,7-10,13,22H,6,11-12H2,1-3H3,(H,25,26). The Morgan fingerprint density at radius 1 is 1.10 bits per heavy atom. The van der Waals surface area contributed by atoms with Gasteiger partial charge >= 0.3 is 0 Å². The zero-order chi connectivity index (χ0) is 22.0. The summed E-state index contributed by atoms with van der Waals surface area (Å²) in [6, 6.07) is 12.8. The van der Waals surface area contributed by atoms with Gasteiger partial charge in [0.05, 0.1) is 26.0 Å². The average molecular weight is 442 g/mol. The number of rotatable bonds is 8. The van der Waals surface area contributed by atoms with E-state index in [9.17, 15) is 4.79 Å². The van der Waals surface area contributed by atoms with Crippen LogP contribution >= 0.6 is 11.6 Å². The predicted molar refractivity (Wildman–Crippen MR) is 118 cm³/mol. The highest BCUT2D eigenvalue weighted by Crippen LogP contribution is 2.45. The summed E-state index contributed by atoms with van der Waals surface area (Å²) in [7, 11) is 4.83. The number of aromatic nitrogens is 2. The Labute approximate surface area is 185 Å². The molecule has 31 heavy (non-hydrogen) atoms. The van der Waals surface area contributed by atoms with Crippen LogP contribution in [0.2, 0.25) is 5.02 Å². The van der Waals surface area contributed by atoms with Gasteiger partial charge in [0.1, 0.15) is 5.69 Å². The molecule has 1 N–H and O–H groups in total. The number of carbonyl (C=O) groups is 1. The quantitative estimate of drug-likeness (QED) is 0.526. The monoisotopic (exact) mass is 441 g/mol. The molecule has 8 heteroatoms. The van der Waals surface area contributed by atoms with E-state index in [4.69, 9.17) is 25.8 Å². The highest BCUT2D eigenvalue weighted by atomic mass is 35.5. The topological polar surface area (TPSA) is 76.7 Å². The smallest absolute Gasteiger partial charge is 0.273 e. The summed E-state index contributed by atoms with van der Waals surface area (Å²) in [4.78, 5) is 15.1. The normalized spacial score (nSPS) is 15.3. The second-order valence-electron chi connectivity index (χ2n) is 7.20. The molecule has 1 unspecified atom stereocenters. The lowest BCUT2D eigenvalue weighted by atomic mass is 9.95. The van der Waals surface area contributed by atoms with Gasteiger partial charge in [0.25, 0.3) is 5.91 Å². The van der Waals surface area contributed by atoms with Crippen molar-refractivity contribution in [1.82, 2.24) is 15.1 Å². The molecule has 0 saturated heterocycles. The number of nitrogens with zero attached hydrogens (tertiary/aromatic N) is 2. The Balaban J connectivity index is 1.84. The van der Waals surface area contributed by atoms with Crippen molar-refractivity contribution in [3.63, 3.8) is 0 Å². The number of carbonyl (C=O) groups excluding carboxylic acids is 1. The number of fused-ring (bicyclic) bond motifs is 1. The summed E-state index contributed by atoms with van der Waals surface area (Å²) in [5, 5.41) is 8.04. The van der Waals surface area contributed by atoms with Crippen LogP contribution in [0.25, 0.3) is 11.3 Å². The van der Waals surface area contributed by atoms with Crippen molar-refractivity contribution in [2.24, 2.45) is 0 Å². The van der Waals surface area contributed by atoms with Gasteiger partial charge in [-0.15, -0.1) is 0 Å². The third-order valence-electron chi connectivity index (χ3n) is 5.47. The first-order valence-corrected chi connectivity index (χ1v) is 10.3. The molecule has 2 aromatic carbocycles. The number of ether oxygens (including phenoxy) is 3. The third kappa shape index (κ3) is 3.75. The van der Waals surface area contributed by atoms with Gasteiger partial charge in [-0.1, -0.05) is 29.8 Å². The maximum Gasteiger partial charge on any atom is 0.273 e. The molecule has 0 radical (unpaired) electrons. The summed E-state index contributed by atoms with van der Waals surface area (Å²) in [5.74, 6) is 1.11. The summed E-state index contributed by atoms with van der Waals surface area (Å²) >= 11 is 6.57. The molecule has 0 fully saturated rings. The van der Waals surface area contributed by atoms with Crippen molar-refractivity contribution in [3.8, 4) is 22.8 Å². The van der Waals surface area contributed by atoms with Crippen molar-refractivity contribution < 1.29 is 19.0 Å². The Morgan fingerprint density at radius 3 is 2.58 bits per heavy atom. The van der Waals surface area contributed by atoms with Gasteiger partial charge in [-0.25, -0.2) is 0 Å². The molecule has 2 heterocycles. The molecule has 1 aromatic heterocycles. The van der Waals surface area contributed by atoms with Crippen LogP contribution in [0.5, 0.6) is 11.5 Å². The number of methoxy groups -OCH3 is 3. The molecule has 1 aliphatic rings. The number of halogens is 1. The molecule has 1 amide bonds. The molecule has 0 spiro atoms. The summed E-state index contributed by atoms with van der Waals surface area (Å²) in [5.41, 5.74) is 3.65. The molecule has 7 nitrogen and oxygen atoms in total. The van der Waals surface area contributed by atoms with E-state index in [1.54, 1.807) is 21.3 Å². The molecular weight excluding hydrogens is 418 g/mol. The van der Waals surface area contributed by atoms with Gasteiger partial charge in [-0.2, -0.15) is 5.10 Å². The molecule has 0 bridgehead atoms. The van der Waals surface area contributed by atoms with Gasteiger partial charge in [0.15, 0.2) is 11.5 Å². The highest BCUT2D eigenvalue weighted by molar-refractivity contribution is 6.31. The van der Waals surface area contributed by atoms with Gasteiger partial charge in [0.2, 0.25) is 0 Å². The molecule has 1 atom stereocenters. The van der Waals surface area contributed by atoms with Crippen LogP contribution in [0.15, 0.2) is 42.5 Å². The van der Waals surface area contributed by atoms with Crippen molar-refractivity contribution in [3.05, 3.63) is 64.3 Å². The van der Waals surface area contributed by atoms with Crippen LogP contribution in [0, 0.1) is 0 Å². The fourth-order valence-corrected chi connectivity index (χ4v) is 4.27. The minimum Gasteiger partial charge on any atom is -0.493 e. The van der Waals surface area contributed by atoms with E-state index < -0.39 is 0 Å². The Morgan fingerprint density at radius 2 is 1.87 bits per heavy atom. The molecule has 1 aliphatic heterocycles.